The summed E-state index contributed by atoms with van der Waals surface area (Å²) >= 11 is 0. The Bertz CT molecular complexity index is 1050. The standard InChI is InChI=1S/C20H17N2O/c1-21-13-12-16-15-10-6-7-11-17(15)22(2)18(16)19(21)20(23)14-8-4-3-5-9-14/h3-13H,1-2H3/q+1. The van der Waals surface area contributed by atoms with Gasteiger partial charge in [-0.05, 0) is 6.07 Å². The molecule has 0 N–H and O–H groups in total. The van der Waals surface area contributed by atoms with E-state index in [0.29, 0.717) is 11.3 Å². The molecule has 0 aliphatic carbocycles. The van der Waals surface area contributed by atoms with Gasteiger partial charge in [0.25, 0.3) is 11.5 Å². The lowest BCUT2D eigenvalue weighted by Crippen LogP contribution is -2.36. The summed E-state index contributed by atoms with van der Waals surface area (Å²) in [5.74, 6) is 0.0459. The van der Waals surface area contributed by atoms with Crippen molar-refractivity contribution in [1.29, 1.82) is 0 Å². The number of carbonyl (C=O) groups excluding carboxylic acids is 1. The average Bonchev–Trinajstić information content (AvgIpc) is 2.88. The van der Waals surface area contributed by atoms with Crippen LogP contribution in [0, 0.1) is 0 Å². The summed E-state index contributed by atoms with van der Waals surface area (Å²) in [7, 11) is 3.94. The van der Waals surface area contributed by atoms with Gasteiger partial charge < -0.3 is 4.57 Å². The van der Waals surface area contributed by atoms with Gasteiger partial charge in [-0.2, -0.15) is 4.57 Å². The van der Waals surface area contributed by atoms with Gasteiger partial charge in [0, 0.05) is 35.0 Å². The number of nitrogens with zero attached hydrogens (tertiary/aromatic N) is 2. The molecule has 0 atom stereocenters. The third-order valence-electron chi connectivity index (χ3n) is 4.44. The van der Waals surface area contributed by atoms with Crippen molar-refractivity contribution < 1.29 is 9.36 Å². The lowest BCUT2D eigenvalue weighted by Gasteiger charge is -2.04. The van der Waals surface area contributed by atoms with Gasteiger partial charge in [-0.25, -0.2) is 0 Å². The van der Waals surface area contributed by atoms with Crippen molar-refractivity contribution in [3.8, 4) is 0 Å². The number of hydrogen-bond acceptors (Lipinski definition) is 1. The largest absolute Gasteiger partial charge is 0.338 e. The average molecular weight is 301 g/mol. The van der Waals surface area contributed by atoms with Crippen LogP contribution in [0.15, 0.2) is 66.9 Å². The lowest BCUT2D eigenvalue weighted by molar-refractivity contribution is -0.672. The zero-order valence-electron chi connectivity index (χ0n) is 13.2. The summed E-state index contributed by atoms with van der Waals surface area (Å²) in [4.78, 5) is 13.1. The molecule has 3 heteroatoms. The van der Waals surface area contributed by atoms with Crippen molar-refractivity contribution in [2.45, 2.75) is 0 Å². The molecule has 0 bridgehead atoms. The Morgan fingerprint density at radius 3 is 2.39 bits per heavy atom. The van der Waals surface area contributed by atoms with E-state index in [9.17, 15) is 4.79 Å². The first-order chi connectivity index (χ1) is 11.2. The topological polar surface area (TPSA) is 25.9 Å². The van der Waals surface area contributed by atoms with Gasteiger partial charge in [0.2, 0.25) is 0 Å². The molecule has 0 fully saturated rings. The maximum Gasteiger partial charge on any atom is 0.277 e. The van der Waals surface area contributed by atoms with Gasteiger partial charge in [0.1, 0.15) is 12.6 Å². The van der Waals surface area contributed by atoms with E-state index in [4.69, 9.17) is 0 Å². The van der Waals surface area contributed by atoms with E-state index in [1.54, 1.807) is 0 Å². The van der Waals surface area contributed by atoms with Crippen LogP contribution in [0.2, 0.25) is 0 Å². The maximum atomic E-state index is 13.1. The highest BCUT2D eigenvalue weighted by atomic mass is 16.1. The third kappa shape index (κ3) is 1.97. The van der Waals surface area contributed by atoms with E-state index in [2.05, 4.69) is 22.8 Å². The number of fused-ring (bicyclic) bond motifs is 3. The minimum absolute atomic E-state index is 0.0459. The van der Waals surface area contributed by atoms with Crippen LogP contribution in [0.3, 0.4) is 0 Å². The van der Waals surface area contributed by atoms with E-state index in [0.717, 1.165) is 16.4 Å². The van der Waals surface area contributed by atoms with Crippen LogP contribution in [-0.2, 0) is 14.1 Å². The molecule has 4 rings (SSSR count). The number of pyridine rings is 1. The van der Waals surface area contributed by atoms with Gasteiger partial charge in [0.05, 0.1) is 0 Å². The molecule has 0 unspecified atom stereocenters. The minimum atomic E-state index is 0.0459. The first-order valence-electron chi connectivity index (χ1n) is 7.64. The molecule has 2 heterocycles. The van der Waals surface area contributed by atoms with Crippen molar-refractivity contribution in [2.24, 2.45) is 14.1 Å². The van der Waals surface area contributed by atoms with Gasteiger partial charge >= 0.3 is 0 Å². The summed E-state index contributed by atoms with van der Waals surface area (Å²) in [6, 6.07) is 19.8. The number of para-hydroxylation sites is 1. The molecule has 0 saturated carbocycles. The number of carbonyl (C=O) groups is 1. The second-order valence-electron chi connectivity index (χ2n) is 5.81. The van der Waals surface area contributed by atoms with Crippen LogP contribution >= 0.6 is 0 Å². The molecule has 3 nitrogen and oxygen atoms in total. The van der Waals surface area contributed by atoms with Crippen LogP contribution < -0.4 is 4.57 Å². The van der Waals surface area contributed by atoms with Crippen LogP contribution in [-0.4, -0.2) is 10.4 Å². The van der Waals surface area contributed by atoms with Crippen LogP contribution in [0.5, 0.6) is 0 Å². The summed E-state index contributed by atoms with van der Waals surface area (Å²) in [5, 5.41) is 2.29. The normalized spacial score (nSPS) is 11.2. The molecule has 0 aliphatic heterocycles. The molecule has 23 heavy (non-hydrogen) atoms. The van der Waals surface area contributed by atoms with Crippen molar-refractivity contribution in [3.05, 3.63) is 78.1 Å². The molecule has 0 amide bonds. The van der Waals surface area contributed by atoms with E-state index in [-0.39, 0.29) is 5.78 Å². The highest BCUT2D eigenvalue weighted by Crippen LogP contribution is 2.29. The van der Waals surface area contributed by atoms with Crippen LogP contribution in [0.25, 0.3) is 21.8 Å². The van der Waals surface area contributed by atoms with Gasteiger partial charge in [-0.1, -0.05) is 48.5 Å². The van der Waals surface area contributed by atoms with E-state index < -0.39 is 0 Å². The van der Waals surface area contributed by atoms with E-state index in [1.165, 1.54) is 5.39 Å². The quantitative estimate of drug-likeness (QED) is 0.412. The molecule has 0 radical (unpaired) electrons. The Labute approximate surface area is 134 Å². The zero-order chi connectivity index (χ0) is 16.0. The van der Waals surface area contributed by atoms with Crippen molar-refractivity contribution in [3.63, 3.8) is 0 Å². The fraction of sp³-hybridized carbons (Fsp3) is 0.100. The van der Waals surface area contributed by atoms with E-state index >= 15 is 0 Å². The van der Waals surface area contributed by atoms with Crippen molar-refractivity contribution in [2.75, 3.05) is 0 Å². The van der Waals surface area contributed by atoms with Crippen molar-refractivity contribution in [1.82, 2.24) is 4.57 Å². The minimum Gasteiger partial charge on any atom is -0.338 e. The SMILES string of the molecule is Cn1c2ccccc2c2cc[n+](C)c(C(=O)c3ccccc3)c21. The fourth-order valence-corrected chi connectivity index (χ4v) is 3.30. The number of aryl methyl sites for hydroxylation is 2. The number of aromatic nitrogens is 2. The molecular weight excluding hydrogens is 284 g/mol. The highest BCUT2D eigenvalue weighted by Gasteiger charge is 2.26. The summed E-state index contributed by atoms with van der Waals surface area (Å²) in [6.45, 7) is 0. The first-order valence-corrected chi connectivity index (χ1v) is 7.64. The molecule has 4 aromatic rings. The Kier molecular flexibility index (Phi) is 3.01. The maximum absolute atomic E-state index is 13.1. The number of hydrogen-bond donors (Lipinski definition) is 0. The molecule has 0 spiro atoms. The van der Waals surface area contributed by atoms with Gasteiger partial charge in [0.15, 0.2) is 6.20 Å². The number of benzene rings is 2. The molecular formula is C20H17N2O+. The predicted octanol–water partition coefficient (Wildman–Crippen LogP) is 3.39. The monoisotopic (exact) mass is 301 g/mol. The summed E-state index contributed by atoms with van der Waals surface area (Å²) in [5.41, 5.74) is 3.54. The molecule has 0 saturated heterocycles. The fourth-order valence-electron chi connectivity index (χ4n) is 3.30. The van der Waals surface area contributed by atoms with Crippen molar-refractivity contribution >= 4 is 27.6 Å². The smallest absolute Gasteiger partial charge is 0.277 e. The Morgan fingerprint density at radius 1 is 0.913 bits per heavy atom. The first kappa shape index (κ1) is 13.7. The predicted molar refractivity (Wildman–Crippen MR) is 91.5 cm³/mol. The zero-order valence-corrected chi connectivity index (χ0v) is 13.2. The second kappa shape index (κ2) is 5.06. The van der Waals surface area contributed by atoms with E-state index in [1.807, 2.05) is 67.3 Å². The molecule has 2 aromatic heterocycles. The van der Waals surface area contributed by atoms with Gasteiger partial charge in [-0.15, -0.1) is 0 Å². The van der Waals surface area contributed by atoms with Crippen LogP contribution in [0.4, 0.5) is 0 Å². The lowest BCUT2D eigenvalue weighted by atomic mass is 10.1. The second-order valence-corrected chi connectivity index (χ2v) is 5.81. The number of rotatable bonds is 2. The molecule has 112 valence electrons. The van der Waals surface area contributed by atoms with Crippen LogP contribution in [0.1, 0.15) is 16.1 Å². The highest BCUT2D eigenvalue weighted by molar-refractivity contribution is 6.18. The Balaban J connectivity index is 2.10. The number of ketones is 1. The third-order valence-corrected chi connectivity index (χ3v) is 4.44. The molecule has 0 aliphatic rings. The van der Waals surface area contributed by atoms with Gasteiger partial charge in [-0.3, -0.25) is 4.79 Å². The molecule has 2 aromatic carbocycles. The Hall–Kier alpha value is -2.94. The summed E-state index contributed by atoms with van der Waals surface area (Å²) in [6.07, 6.45) is 1.96. The summed E-state index contributed by atoms with van der Waals surface area (Å²) < 4.78 is 4.03. The Morgan fingerprint density at radius 2 is 1.61 bits per heavy atom.